The summed E-state index contributed by atoms with van der Waals surface area (Å²) in [6.07, 6.45) is 1.78. The molecule has 1 fully saturated rings. The third kappa shape index (κ3) is 4.96. The van der Waals surface area contributed by atoms with Crippen molar-refractivity contribution in [3.8, 4) is 5.69 Å². The highest BCUT2D eigenvalue weighted by Gasteiger charge is 2.20. The van der Waals surface area contributed by atoms with Gasteiger partial charge in [0.25, 0.3) is 11.5 Å². The summed E-state index contributed by atoms with van der Waals surface area (Å²) in [5.74, 6) is 0.0766. The summed E-state index contributed by atoms with van der Waals surface area (Å²) in [5, 5.41) is 0.848. The van der Waals surface area contributed by atoms with Gasteiger partial charge in [-0.15, -0.1) is 0 Å². The van der Waals surface area contributed by atoms with Crippen molar-refractivity contribution < 1.29 is 13.9 Å². The van der Waals surface area contributed by atoms with Crippen LogP contribution in [0.3, 0.4) is 0 Å². The second kappa shape index (κ2) is 10.5. The molecule has 182 valence electrons. The van der Waals surface area contributed by atoms with Gasteiger partial charge in [0.2, 0.25) is 0 Å². The first kappa shape index (κ1) is 24.0. The molecule has 1 saturated heterocycles. The number of benzene rings is 3. The van der Waals surface area contributed by atoms with Gasteiger partial charge < -0.3 is 9.64 Å². The Balaban J connectivity index is 1.56. The van der Waals surface area contributed by atoms with Crippen molar-refractivity contribution in [1.29, 1.82) is 0 Å². The molecule has 0 radical (unpaired) electrons. The molecular formula is C28H24FN3O3S. The van der Waals surface area contributed by atoms with E-state index in [1.54, 1.807) is 41.3 Å². The first-order valence-electron chi connectivity index (χ1n) is 11.6. The minimum atomic E-state index is -0.386. The maximum Gasteiger partial charge on any atom is 0.266 e. The summed E-state index contributed by atoms with van der Waals surface area (Å²) in [7, 11) is 0. The van der Waals surface area contributed by atoms with Gasteiger partial charge in [-0.3, -0.25) is 14.2 Å². The van der Waals surface area contributed by atoms with Crippen molar-refractivity contribution in [2.24, 2.45) is 0 Å². The van der Waals surface area contributed by atoms with Gasteiger partial charge in [0.1, 0.15) is 5.82 Å². The molecule has 1 aliphatic rings. The topological polar surface area (TPSA) is 64.4 Å². The van der Waals surface area contributed by atoms with Gasteiger partial charge in [-0.25, -0.2) is 9.37 Å². The average Bonchev–Trinajstić information content (AvgIpc) is 2.92. The van der Waals surface area contributed by atoms with Crippen LogP contribution < -0.4 is 5.56 Å². The number of carbonyl (C=O) groups is 1. The van der Waals surface area contributed by atoms with Gasteiger partial charge >= 0.3 is 0 Å². The van der Waals surface area contributed by atoms with Gasteiger partial charge in [0, 0.05) is 24.4 Å². The number of amides is 1. The first-order chi connectivity index (χ1) is 17.5. The molecule has 4 aromatic rings. The molecule has 6 nitrogen and oxygen atoms in total. The molecule has 8 heteroatoms. The maximum absolute atomic E-state index is 13.6. The minimum absolute atomic E-state index is 0.110. The Morgan fingerprint density at radius 3 is 2.47 bits per heavy atom. The molecule has 36 heavy (non-hydrogen) atoms. The zero-order valence-electron chi connectivity index (χ0n) is 19.5. The number of fused-ring (bicyclic) bond motifs is 1. The summed E-state index contributed by atoms with van der Waals surface area (Å²) in [4.78, 5) is 33.1. The molecular weight excluding hydrogens is 477 g/mol. The summed E-state index contributed by atoms with van der Waals surface area (Å²) in [6, 6.07) is 18.7. The van der Waals surface area contributed by atoms with Crippen LogP contribution in [0.5, 0.6) is 0 Å². The van der Waals surface area contributed by atoms with E-state index in [0.717, 1.165) is 11.1 Å². The molecule has 0 atom stereocenters. The van der Waals surface area contributed by atoms with E-state index >= 15 is 0 Å². The van der Waals surface area contributed by atoms with Crippen LogP contribution in [0.1, 0.15) is 21.5 Å². The average molecular weight is 502 g/mol. The van der Waals surface area contributed by atoms with E-state index in [0.29, 0.717) is 59.4 Å². The Bertz CT molecular complexity index is 1480. The zero-order valence-corrected chi connectivity index (χ0v) is 20.3. The fraction of sp³-hybridized carbons (Fsp3) is 0.179. The van der Waals surface area contributed by atoms with Crippen molar-refractivity contribution in [3.63, 3.8) is 0 Å². The lowest BCUT2D eigenvalue weighted by Crippen LogP contribution is -2.40. The number of ether oxygens (including phenoxy) is 1. The van der Waals surface area contributed by atoms with Crippen LogP contribution in [0.15, 0.2) is 83.3 Å². The fourth-order valence-electron chi connectivity index (χ4n) is 4.06. The molecule has 1 aliphatic heterocycles. The standard InChI is InChI=1S/C28H24FN3O3S/c1-2-19-3-5-20(6-4-19)18-36-28-30-25-17-21(26(33)31-13-15-35-16-14-31)7-12-24(25)27(34)32(28)23-10-8-22(29)9-11-23/h2-12,17H,1,13-16,18H2. The van der Waals surface area contributed by atoms with Crippen molar-refractivity contribution >= 4 is 34.6 Å². The van der Waals surface area contributed by atoms with Crippen molar-refractivity contribution in [1.82, 2.24) is 14.5 Å². The number of morpholine rings is 1. The molecule has 1 amide bonds. The molecule has 0 spiro atoms. The van der Waals surface area contributed by atoms with Crippen LogP contribution in [0.4, 0.5) is 4.39 Å². The van der Waals surface area contributed by atoms with Crippen molar-refractivity contribution in [2.75, 3.05) is 26.3 Å². The van der Waals surface area contributed by atoms with E-state index < -0.39 is 0 Å². The first-order valence-corrected chi connectivity index (χ1v) is 12.6. The number of hydrogen-bond acceptors (Lipinski definition) is 5. The van der Waals surface area contributed by atoms with E-state index in [1.165, 1.54) is 28.5 Å². The van der Waals surface area contributed by atoms with E-state index in [4.69, 9.17) is 9.72 Å². The van der Waals surface area contributed by atoms with Crippen molar-refractivity contribution in [2.45, 2.75) is 10.9 Å². The number of rotatable bonds is 6. The lowest BCUT2D eigenvalue weighted by Gasteiger charge is -2.26. The molecule has 3 aromatic carbocycles. The number of carbonyl (C=O) groups excluding carboxylic acids is 1. The molecule has 5 rings (SSSR count). The molecule has 0 bridgehead atoms. The largest absolute Gasteiger partial charge is 0.378 e. The van der Waals surface area contributed by atoms with Crippen LogP contribution in [0, 0.1) is 5.82 Å². The number of thioether (sulfide) groups is 1. The van der Waals surface area contributed by atoms with E-state index in [9.17, 15) is 14.0 Å². The Morgan fingerprint density at radius 1 is 1.06 bits per heavy atom. The Kier molecular flexibility index (Phi) is 6.97. The van der Waals surface area contributed by atoms with E-state index in [1.807, 2.05) is 24.3 Å². The van der Waals surface area contributed by atoms with Gasteiger partial charge in [-0.2, -0.15) is 0 Å². The Morgan fingerprint density at radius 2 is 1.78 bits per heavy atom. The van der Waals surface area contributed by atoms with Crippen molar-refractivity contribution in [3.05, 3.63) is 106 Å². The molecule has 0 saturated carbocycles. The van der Waals surface area contributed by atoms with Crippen LogP contribution >= 0.6 is 11.8 Å². The van der Waals surface area contributed by atoms with Gasteiger partial charge in [0.05, 0.1) is 29.8 Å². The van der Waals surface area contributed by atoms with Crippen LogP contribution in [-0.4, -0.2) is 46.7 Å². The number of aromatic nitrogens is 2. The summed E-state index contributed by atoms with van der Waals surface area (Å²) >= 11 is 1.40. The quantitative estimate of drug-likeness (QED) is 0.277. The van der Waals surface area contributed by atoms with Crippen LogP contribution in [0.2, 0.25) is 0 Å². The number of nitrogens with zero attached hydrogens (tertiary/aromatic N) is 3. The smallest absolute Gasteiger partial charge is 0.266 e. The van der Waals surface area contributed by atoms with Gasteiger partial charge in [-0.1, -0.05) is 48.7 Å². The lowest BCUT2D eigenvalue weighted by atomic mass is 10.1. The Labute approximate surface area is 212 Å². The van der Waals surface area contributed by atoms with E-state index in [2.05, 4.69) is 6.58 Å². The fourth-order valence-corrected chi connectivity index (χ4v) is 5.03. The third-order valence-corrected chi connectivity index (χ3v) is 7.06. The predicted molar refractivity (Wildman–Crippen MR) is 140 cm³/mol. The predicted octanol–water partition coefficient (Wildman–Crippen LogP) is 4.93. The highest BCUT2D eigenvalue weighted by molar-refractivity contribution is 7.98. The third-order valence-electron chi connectivity index (χ3n) is 6.05. The lowest BCUT2D eigenvalue weighted by molar-refractivity contribution is 0.0303. The summed E-state index contributed by atoms with van der Waals surface area (Å²) in [6.45, 7) is 5.86. The SMILES string of the molecule is C=Cc1ccc(CSc2nc3cc(C(=O)N4CCOCC4)ccc3c(=O)n2-c2ccc(F)cc2)cc1. The molecule has 1 aromatic heterocycles. The van der Waals surface area contributed by atoms with Crippen LogP contribution in [-0.2, 0) is 10.5 Å². The highest BCUT2D eigenvalue weighted by Crippen LogP contribution is 2.26. The second-order valence-corrected chi connectivity index (χ2v) is 9.32. The summed E-state index contributed by atoms with van der Waals surface area (Å²) in [5.41, 5.74) is 3.25. The molecule has 0 N–H and O–H groups in total. The monoisotopic (exact) mass is 501 g/mol. The summed E-state index contributed by atoms with van der Waals surface area (Å²) < 4.78 is 20.4. The Hall–Kier alpha value is -3.75. The normalized spacial score (nSPS) is 13.6. The minimum Gasteiger partial charge on any atom is -0.378 e. The molecule has 2 heterocycles. The maximum atomic E-state index is 13.6. The second-order valence-electron chi connectivity index (χ2n) is 8.38. The van der Waals surface area contributed by atoms with Crippen LogP contribution in [0.25, 0.3) is 22.7 Å². The van der Waals surface area contributed by atoms with E-state index in [-0.39, 0.29) is 17.3 Å². The zero-order chi connectivity index (χ0) is 25.1. The molecule has 0 unspecified atom stereocenters. The number of hydrogen-bond donors (Lipinski definition) is 0. The van der Waals surface area contributed by atoms with Gasteiger partial charge in [-0.05, 0) is 53.6 Å². The highest BCUT2D eigenvalue weighted by atomic mass is 32.2. The number of halogens is 1. The van der Waals surface area contributed by atoms with Gasteiger partial charge in [0.15, 0.2) is 5.16 Å². The molecule has 0 aliphatic carbocycles.